The van der Waals surface area contributed by atoms with Crippen molar-refractivity contribution in [1.82, 2.24) is 14.8 Å². The summed E-state index contributed by atoms with van der Waals surface area (Å²) in [6.07, 6.45) is 2.18. The lowest BCUT2D eigenvalue weighted by Crippen LogP contribution is -2.45. The maximum atomic E-state index is 13.3. The minimum Gasteiger partial charge on any atom is -0.497 e. The van der Waals surface area contributed by atoms with E-state index in [2.05, 4.69) is 22.1 Å². The first-order valence-electron chi connectivity index (χ1n) is 11.5. The molecule has 2 N–H and O–H groups in total. The van der Waals surface area contributed by atoms with Gasteiger partial charge in [-0.15, -0.1) is 0 Å². The highest BCUT2D eigenvalue weighted by atomic mass is 16.5. The molecule has 1 aliphatic heterocycles. The summed E-state index contributed by atoms with van der Waals surface area (Å²) in [7, 11) is 1.61. The SMILES string of the molecule is CCN1CCCC1CN(Cc1cc2cc(C)ccc2[nH]c1=O)C(=O)Nc1ccc(OC)cc1. The van der Waals surface area contributed by atoms with Crippen LogP contribution in [0.2, 0.25) is 0 Å². The summed E-state index contributed by atoms with van der Waals surface area (Å²) in [6, 6.07) is 15.2. The largest absolute Gasteiger partial charge is 0.497 e. The normalized spacial score (nSPS) is 16.2. The number of carbonyl (C=O) groups is 1. The number of fused-ring (bicyclic) bond motifs is 1. The first-order chi connectivity index (χ1) is 16.0. The van der Waals surface area contributed by atoms with Gasteiger partial charge in [-0.3, -0.25) is 9.69 Å². The van der Waals surface area contributed by atoms with Gasteiger partial charge < -0.3 is 19.9 Å². The van der Waals surface area contributed by atoms with Crippen LogP contribution >= 0.6 is 0 Å². The molecule has 0 bridgehead atoms. The number of rotatable bonds is 7. The van der Waals surface area contributed by atoms with E-state index in [1.807, 2.05) is 55.5 Å². The van der Waals surface area contributed by atoms with E-state index in [1.54, 1.807) is 12.0 Å². The average molecular weight is 449 g/mol. The molecule has 2 amide bonds. The Morgan fingerprint density at radius 2 is 2.00 bits per heavy atom. The van der Waals surface area contributed by atoms with Crippen LogP contribution < -0.4 is 15.6 Å². The number of amides is 2. The number of aromatic nitrogens is 1. The van der Waals surface area contributed by atoms with Gasteiger partial charge in [0, 0.05) is 29.4 Å². The standard InChI is InChI=1S/C26H32N4O3/c1-4-29-13-5-6-22(29)17-30(26(32)27-21-8-10-23(33-3)11-9-21)16-20-15-19-14-18(2)7-12-24(19)28-25(20)31/h7-12,14-15,22H,4-6,13,16-17H2,1-3H3,(H,27,32)(H,28,31). The number of nitrogens with one attached hydrogen (secondary N) is 2. The molecule has 0 radical (unpaired) electrons. The Bertz CT molecular complexity index is 1170. The lowest BCUT2D eigenvalue weighted by atomic mass is 10.1. The van der Waals surface area contributed by atoms with Crippen molar-refractivity contribution < 1.29 is 9.53 Å². The van der Waals surface area contributed by atoms with Gasteiger partial charge in [-0.1, -0.05) is 18.6 Å². The molecule has 7 nitrogen and oxygen atoms in total. The number of nitrogens with zero attached hydrogens (tertiary/aromatic N) is 2. The molecular formula is C26H32N4O3. The van der Waals surface area contributed by atoms with Crippen molar-refractivity contribution in [2.45, 2.75) is 39.3 Å². The fourth-order valence-electron chi connectivity index (χ4n) is 4.56. The van der Waals surface area contributed by atoms with Gasteiger partial charge in [0.1, 0.15) is 5.75 Å². The Kier molecular flexibility index (Phi) is 6.99. The molecule has 1 aliphatic rings. The number of aryl methyl sites for hydroxylation is 1. The molecule has 3 aromatic rings. The summed E-state index contributed by atoms with van der Waals surface area (Å²) in [5.74, 6) is 0.729. The average Bonchev–Trinajstić information content (AvgIpc) is 3.27. The summed E-state index contributed by atoms with van der Waals surface area (Å²) < 4.78 is 5.20. The van der Waals surface area contributed by atoms with Crippen molar-refractivity contribution in [2.24, 2.45) is 0 Å². The maximum Gasteiger partial charge on any atom is 0.322 e. The van der Waals surface area contributed by atoms with Crippen LogP contribution in [0.15, 0.2) is 53.3 Å². The van der Waals surface area contributed by atoms with E-state index >= 15 is 0 Å². The van der Waals surface area contributed by atoms with E-state index < -0.39 is 0 Å². The second-order valence-corrected chi connectivity index (χ2v) is 8.68. The van der Waals surface area contributed by atoms with Crippen molar-refractivity contribution in [2.75, 3.05) is 32.1 Å². The number of ether oxygens (including phenoxy) is 1. The summed E-state index contributed by atoms with van der Waals surface area (Å²) in [5, 5.41) is 3.96. The minimum atomic E-state index is -0.216. The number of hydrogen-bond acceptors (Lipinski definition) is 4. The number of hydrogen-bond donors (Lipinski definition) is 2. The molecular weight excluding hydrogens is 416 g/mol. The summed E-state index contributed by atoms with van der Waals surface area (Å²) in [6.45, 7) is 6.99. The zero-order valence-electron chi connectivity index (χ0n) is 19.6. The molecule has 1 aromatic heterocycles. The topological polar surface area (TPSA) is 77.7 Å². The number of aromatic amines is 1. The number of methoxy groups -OCH3 is 1. The fourth-order valence-corrected chi connectivity index (χ4v) is 4.56. The minimum absolute atomic E-state index is 0.160. The van der Waals surface area contributed by atoms with E-state index in [1.165, 1.54) is 0 Å². The summed E-state index contributed by atoms with van der Waals surface area (Å²) >= 11 is 0. The van der Waals surface area contributed by atoms with Crippen LogP contribution in [0.25, 0.3) is 10.9 Å². The molecule has 0 aliphatic carbocycles. The van der Waals surface area contributed by atoms with Gasteiger partial charge in [0.15, 0.2) is 0 Å². The molecule has 4 rings (SSSR count). The number of likely N-dealkylation sites (N-methyl/N-ethyl adjacent to an activating group) is 1. The molecule has 0 spiro atoms. The van der Waals surface area contributed by atoms with Crippen LogP contribution in [0.3, 0.4) is 0 Å². The number of urea groups is 1. The molecule has 1 saturated heterocycles. The third-order valence-electron chi connectivity index (χ3n) is 6.40. The van der Waals surface area contributed by atoms with Crippen molar-refractivity contribution in [3.05, 3.63) is 70.0 Å². The van der Waals surface area contributed by atoms with Gasteiger partial charge >= 0.3 is 6.03 Å². The van der Waals surface area contributed by atoms with Gasteiger partial charge in [-0.25, -0.2) is 4.79 Å². The number of H-pyrrole nitrogens is 1. The first kappa shape index (κ1) is 22.9. The van der Waals surface area contributed by atoms with Crippen LogP contribution in [-0.2, 0) is 6.54 Å². The van der Waals surface area contributed by atoms with E-state index in [4.69, 9.17) is 4.74 Å². The summed E-state index contributed by atoms with van der Waals surface area (Å²) in [4.78, 5) is 33.3. The van der Waals surface area contributed by atoms with Gasteiger partial charge in [-0.2, -0.15) is 0 Å². The van der Waals surface area contributed by atoms with Crippen LogP contribution in [0.5, 0.6) is 5.75 Å². The number of pyridine rings is 1. The molecule has 1 atom stereocenters. The first-order valence-corrected chi connectivity index (χ1v) is 11.5. The highest BCUT2D eigenvalue weighted by Gasteiger charge is 2.28. The third kappa shape index (κ3) is 5.37. The molecule has 2 aromatic carbocycles. The fraction of sp³-hybridized carbons (Fsp3) is 0.385. The number of benzene rings is 2. The Morgan fingerprint density at radius 3 is 2.73 bits per heavy atom. The Balaban J connectivity index is 1.60. The van der Waals surface area contributed by atoms with E-state index in [0.29, 0.717) is 23.8 Å². The predicted octanol–water partition coefficient (Wildman–Crippen LogP) is 4.36. The number of likely N-dealkylation sites (tertiary alicyclic amines) is 1. The molecule has 174 valence electrons. The second-order valence-electron chi connectivity index (χ2n) is 8.68. The highest BCUT2D eigenvalue weighted by Crippen LogP contribution is 2.21. The van der Waals surface area contributed by atoms with E-state index in [-0.39, 0.29) is 18.1 Å². The van der Waals surface area contributed by atoms with Gasteiger partial charge in [0.05, 0.1) is 13.7 Å². The quantitative estimate of drug-likeness (QED) is 0.563. The maximum absolute atomic E-state index is 13.3. The Hall–Kier alpha value is -3.32. The van der Waals surface area contributed by atoms with E-state index in [9.17, 15) is 9.59 Å². The lowest BCUT2D eigenvalue weighted by Gasteiger charge is -2.30. The molecule has 7 heteroatoms. The number of anilines is 1. The molecule has 2 heterocycles. The molecule has 0 saturated carbocycles. The zero-order chi connectivity index (χ0) is 23.4. The third-order valence-corrected chi connectivity index (χ3v) is 6.40. The molecule has 1 fully saturated rings. The van der Waals surface area contributed by atoms with Crippen molar-refractivity contribution in [1.29, 1.82) is 0 Å². The van der Waals surface area contributed by atoms with Gasteiger partial charge in [0.2, 0.25) is 0 Å². The van der Waals surface area contributed by atoms with Crippen LogP contribution in [0.1, 0.15) is 30.9 Å². The lowest BCUT2D eigenvalue weighted by molar-refractivity contribution is 0.174. The van der Waals surface area contributed by atoms with Crippen LogP contribution in [0.4, 0.5) is 10.5 Å². The number of carbonyl (C=O) groups excluding carboxylic acids is 1. The van der Waals surface area contributed by atoms with Gasteiger partial charge in [0.25, 0.3) is 5.56 Å². The molecule has 33 heavy (non-hydrogen) atoms. The van der Waals surface area contributed by atoms with Crippen LogP contribution in [0, 0.1) is 6.92 Å². The monoisotopic (exact) mass is 448 g/mol. The zero-order valence-corrected chi connectivity index (χ0v) is 19.6. The van der Waals surface area contributed by atoms with Crippen molar-refractivity contribution in [3.63, 3.8) is 0 Å². The van der Waals surface area contributed by atoms with Gasteiger partial charge in [-0.05, 0) is 80.7 Å². The highest BCUT2D eigenvalue weighted by molar-refractivity contribution is 5.89. The van der Waals surface area contributed by atoms with Crippen molar-refractivity contribution >= 4 is 22.6 Å². The summed E-state index contributed by atoms with van der Waals surface area (Å²) in [5.41, 5.74) is 3.04. The smallest absolute Gasteiger partial charge is 0.322 e. The predicted molar refractivity (Wildman–Crippen MR) is 132 cm³/mol. The Labute approximate surface area is 194 Å². The molecule has 1 unspecified atom stereocenters. The second kappa shape index (κ2) is 10.1. The van der Waals surface area contributed by atoms with Crippen molar-refractivity contribution in [3.8, 4) is 5.75 Å². The van der Waals surface area contributed by atoms with Crippen LogP contribution in [-0.4, -0.2) is 53.6 Å². The van der Waals surface area contributed by atoms with E-state index in [0.717, 1.165) is 48.1 Å². The Morgan fingerprint density at radius 1 is 1.21 bits per heavy atom.